The van der Waals surface area contributed by atoms with Crippen LogP contribution in [0.2, 0.25) is 0 Å². The molecule has 1 aliphatic rings. The number of nitrogens with one attached hydrogen (secondary N) is 1. The molecule has 1 aliphatic heterocycles. The molecule has 0 aromatic rings. The first-order valence-corrected chi connectivity index (χ1v) is 4.69. The summed E-state index contributed by atoms with van der Waals surface area (Å²) >= 11 is 0. The molecule has 53 valence electrons. The summed E-state index contributed by atoms with van der Waals surface area (Å²) in [6.45, 7) is 1.32. The lowest BCUT2D eigenvalue weighted by atomic mass is 10.5. The Balaban J connectivity index is 2.56. The molecule has 0 amide bonds. The molecule has 1 fully saturated rings. The Kier molecular flexibility index (Phi) is 2.08. The van der Waals surface area contributed by atoms with Gasteiger partial charge in [0.25, 0.3) is 0 Å². The molecule has 0 bridgehead atoms. The molecule has 3 nitrogen and oxygen atoms in total. The van der Waals surface area contributed by atoms with Crippen molar-refractivity contribution in [2.24, 2.45) is 0 Å². The highest BCUT2D eigenvalue weighted by molar-refractivity contribution is 7.93. The van der Waals surface area contributed by atoms with Crippen molar-refractivity contribution in [1.82, 2.24) is 5.32 Å². The van der Waals surface area contributed by atoms with E-state index in [2.05, 4.69) is 5.32 Å². The summed E-state index contributed by atoms with van der Waals surface area (Å²) in [5.41, 5.74) is 0. The van der Waals surface area contributed by atoms with Crippen LogP contribution in [0.15, 0.2) is 0 Å². The summed E-state index contributed by atoms with van der Waals surface area (Å²) in [6, 6.07) is 0. The summed E-state index contributed by atoms with van der Waals surface area (Å²) in [4.78, 5) is 0. The topological polar surface area (TPSA) is 46.2 Å². The van der Waals surface area contributed by atoms with Crippen LogP contribution in [-0.2, 0) is 9.84 Å². The number of hydrogen-bond acceptors (Lipinski definition) is 3. The van der Waals surface area contributed by atoms with E-state index in [4.69, 9.17) is 0 Å². The molecule has 0 atom stereocenters. The van der Waals surface area contributed by atoms with Crippen molar-refractivity contribution in [2.75, 3.05) is 18.8 Å². The lowest BCUT2D eigenvalue weighted by Crippen LogP contribution is -2.14. The number of rotatable bonds is 0. The van der Waals surface area contributed by atoms with Crippen molar-refractivity contribution in [2.45, 2.75) is 6.42 Å². The Morgan fingerprint density at radius 3 is 3.00 bits per heavy atom. The smallest absolute Gasteiger partial charge is 0.155 e. The molecule has 9 heavy (non-hydrogen) atoms. The number of sulfone groups is 1. The van der Waals surface area contributed by atoms with Crippen molar-refractivity contribution in [3.63, 3.8) is 0 Å². The second-order valence-corrected chi connectivity index (χ2v) is 4.16. The molecule has 0 saturated carbocycles. The molecule has 0 aromatic heterocycles. The minimum Gasteiger partial charge on any atom is -0.315 e. The monoisotopic (exact) mass is 148 g/mol. The van der Waals surface area contributed by atoms with Gasteiger partial charge in [0.2, 0.25) is 0 Å². The molecule has 4 heteroatoms. The summed E-state index contributed by atoms with van der Waals surface area (Å²) in [7, 11) is -2.81. The first-order chi connectivity index (χ1) is 4.21. The van der Waals surface area contributed by atoms with Crippen LogP contribution < -0.4 is 5.32 Å². The predicted molar refractivity (Wildman–Crippen MR) is 35.6 cm³/mol. The number of hydrogen-bond donors (Lipinski definition) is 1. The minimum absolute atomic E-state index is 0.306. The Bertz CT molecular complexity index is 159. The van der Waals surface area contributed by atoms with Crippen molar-refractivity contribution in [3.05, 3.63) is 5.75 Å². The van der Waals surface area contributed by atoms with E-state index < -0.39 is 9.84 Å². The lowest BCUT2D eigenvalue weighted by molar-refractivity contribution is 0.601. The maximum atomic E-state index is 10.8. The van der Waals surface area contributed by atoms with Crippen LogP contribution in [0.1, 0.15) is 6.42 Å². The summed E-state index contributed by atoms with van der Waals surface area (Å²) in [5.74, 6) is 1.65. The van der Waals surface area contributed by atoms with Gasteiger partial charge in [-0.15, -0.1) is 0 Å². The van der Waals surface area contributed by atoms with E-state index >= 15 is 0 Å². The molecular formula is C5H10NO2S. The fourth-order valence-corrected chi connectivity index (χ4v) is 1.85. The maximum absolute atomic E-state index is 10.8. The first-order valence-electron chi connectivity index (χ1n) is 2.97. The zero-order chi connectivity index (χ0) is 6.74. The van der Waals surface area contributed by atoms with E-state index in [9.17, 15) is 8.42 Å². The largest absolute Gasteiger partial charge is 0.315 e. The second-order valence-electron chi connectivity index (χ2n) is 2.09. The van der Waals surface area contributed by atoms with Gasteiger partial charge < -0.3 is 5.32 Å². The molecule has 1 radical (unpaired) electrons. The highest BCUT2D eigenvalue weighted by Crippen LogP contribution is 2.00. The van der Waals surface area contributed by atoms with Crippen LogP contribution in [0.5, 0.6) is 0 Å². The highest BCUT2D eigenvalue weighted by atomic mass is 32.2. The summed E-state index contributed by atoms with van der Waals surface area (Å²) in [6.07, 6.45) is 0.735. The predicted octanol–water partition coefficient (Wildman–Crippen LogP) is -0.444. The van der Waals surface area contributed by atoms with Gasteiger partial charge in [-0.2, -0.15) is 0 Å². The Morgan fingerprint density at radius 2 is 2.22 bits per heavy atom. The Hall–Kier alpha value is -0.0900. The van der Waals surface area contributed by atoms with Gasteiger partial charge in [0.1, 0.15) is 0 Å². The van der Waals surface area contributed by atoms with Crippen LogP contribution in [0.4, 0.5) is 0 Å². The van der Waals surface area contributed by atoms with Crippen LogP contribution in [0.3, 0.4) is 0 Å². The van der Waals surface area contributed by atoms with E-state index in [-0.39, 0.29) is 0 Å². The zero-order valence-corrected chi connectivity index (χ0v) is 5.95. The van der Waals surface area contributed by atoms with Gasteiger partial charge >= 0.3 is 0 Å². The molecular weight excluding hydrogens is 138 g/mol. The standard InChI is InChI=1S/C5H10NO2S/c7-9(8)4-1-2-6-3-5-9/h5-6H,1-4H2. The lowest BCUT2D eigenvalue weighted by Gasteiger charge is -1.92. The summed E-state index contributed by atoms with van der Waals surface area (Å²) in [5, 5.41) is 2.97. The molecule has 0 spiro atoms. The Labute approximate surface area is 55.4 Å². The minimum atomic E-state index is -2.81. The van der Waals surface area contributed by atoms with Gasteiger partial charge in [-0.1, -0.05) is 0 Å². The van der Waals surface area contributed by atoms with Crippen molar-refractivity contribution in [3.8, 4) is 0 Å². The zero-order valence-electron chi connectivity index (χ0n) is 5.13. The summed E-state index contributed by atoms with van der Waals surface area (Å²) < 4.78 is 21.6. The maximum Gasteiger partial charge on any atom is 0.155 e. The highest BCUT2D eigenvalue weighted by Gasteiger charge is 2.12. The molecule has 0 aliphatic carbocycles. The van der Waals surface area contributed by atoms with E-state index in [1.807, 2.05) is 0 Å². The van der Waals surface area contributed by atoms with Crippen LogP contribution >= 0.6 is 0 Å². The van der Waals surface area contributed by atoms with E-state index in [0.717, 1.165) is 13.0 Å². The third-order valence-corrected chi connectivity index (χ3v) is 2.80. The van der Waals surface area contributed by atoms with Gasteiger partial charge in [-0.05, 0) is 13.0 Å². The van der Waals surface area contributed by atoms with Crippen LogP contribution in [-0.4, -0.2) is 27.3 Å². The molecule has 1 rings (SSSR count). The quantitative estimate of drug-likeness (QED) is 0.506. The van der Waals surface area contributed by atoms with Crippen molar-refractivity contribution < 1.29 is 8.42 Å². The average Bonchev–Trinajstić information content (AvgIpc) is 1.92. The Morgan fingerprint density at radius 1 is 1.44 bits per heavy atom. The molecule has 1 N–H and O–H groups in total. The van der Waals surface area contributed by atoms with Gasteiger partial charge in [0.05, 0.1) is 11.5 Å². The molecule has 0 aromatic carbocycles. The SMILES string of the molecule is O=S1(=O)[CH]CNCCC1. The van der Waals surface area contributed by atoms with Crippen LogP contribution in [0, 0.1) is 5.75 Å². The van der Waals surface area contributed by atoms with Gasteiger partial charge in [-0.25, -0.2) is 8.42 Å². The average molecular weight is 148 g/mol. The normalized spacial score (nSPS) is 27.1. The molecule has 1 heterocycles. The van der Waals surface area contributed by atoms with E-state index in [1.165, 1.54) is 5.75 Å². The van der Waals surface area contributed by atoms with Gasteiger partial charge in [-0.3, -0.25) is 0 Å². The van der Waals surface area contributed by atoms with E-state index in [1.54, 1.807) is 0 Å². The third kappa shape index (κ3) is 2.32. The van der Waals surface area contributed by atoms with Crippen LogP contribution in [0.25, 0.3) is 0 Å². The van der Waals surface area contributed by atoms with Gasteiger partial charge in [0.15, 0.2) is 9.84 Å². The molecule has 1 saturated heterocycles. The first kappa shape index (κ1) is 7.02. The fourth-order valence-electron chi connectivity index (χ4n) is 0.770. The third-order valence-electron chi connectivity index (χ3n) is 1.26. The second kappa shape index (κ2) is 2.66. The molecule has 0 unspecified atom stereocenters. The van der Waals surface area contributed by atoms with Crippen molar-refractivity contribution >= 4 is 9.84 Å². The van der Waals surface area contributed by atoms with Gasteiger partial charge in [0, 0.05) is 6.54 Å². The van der Waals surface area contributed by atoms with Crippen molar-refractivity contribution in [1.29, 1.82) is 0 Å². The van der Waals surface area contributed by atoms with E-state index in [0.29, 0.717) is 12.3 Å². The fraction of sp³-hybridized carbons (Fsp3) is 0.800.